The Hall–Kier alpha value is -2.45. The maximum absolute atomic E-state index is 13.1. The van der Waals surface area contributed by atoms with Gasteiger partial charge in [-0.2, -0.15) is 16.3 Å². The first-order valence-electron chi connectivity index (χ1n) is 9.20. The summed E-state index contributed by atoms with van der Waals surface area (Å²) in [6, 6.07) is 9.68. The van der Waals surface area contributed by atoms with Crippen LogP contribution in [-0.2, 0) is 4.79 Å². The maximum atomic E-state index is 13.1. The summed E-state index contributed by atoms with van der Waals surface area (Å²) in [4.78, 5) is 19.5. The van der Waals surface area contributed by atoms with Crippen molar-refractivity contribution in [3.63, 3.8) is 0 Å². The molecule has 0 aliphatic carbocycles. The fourth-order valence-electron chi connectivity index (χ4n) is 3.14. The summed E-state index contributed by atoms with van der Waals surface area (Å²) in [7, 11) is 0. The quantitative estimate of drug-likeness (QED) is 0.553. The van der Waals surface area contributed by atoms with Gasteiger partial charge in [0.05, 0.1) is 5.69 Å². The van der Waals surface area contributed by atoms with Crippen molar-refractivity contribution in [2.45, 2.75) is 38.1 Å². The number of hydrogen-bond donors (Lipinski definition) is 0. The van der Waals surface area contributed by atoms with E-state index in [9.17, 15) is 4.79 Å². The smallest absolute Gasteiger partial charge is 0.247 e. The van der Waals surface area contributed by atoms with Crippen molar-refractivity contribution in [1.29, 1.82) is 0 Å². The molecule has 3 aromatic rings. The Bertz CT molecular complexity index is 978. The number of anilines is 1. The highest BCUT2D eigenvalue weighted by atomic mass is 32.2. The van der Waals surface area contributed by atoms with Crippen LogP contribution in [0.15, 0.2) is 46.2 Å². The Balaban J connectivity index is 1.92. The van der Waals surface area contributed by atoms with Crippen LogP contribution in [-0.4, -0.2) is 26.8 Å². The Morgan fingerprint density at radius 3 is 2.86 bits per heavy atom. The van der Waals surface area contributed by atoms with Gasteiger partial charge in [-0.25, -0.2) is 0 Å². The molecule has 0 saturated heterocycles. The molecule has 144 valence electrons. The van der Waals surface area contributed by atoms with E-state index in [1.54, 1.807) is 16.2 Å². The van der Waals surface area contributed by atoms with E-state index < -0.39 is 6.23 Å². The molecule has 1 amide bonds. The number of hydrogen-bond acceptors (Lipinski definition) is 7. The minimum atomic E-state index is -0.594. The van der Waals surface area contributed by atoms with Gasteiger partial charge in [-0.1, -0.05) is 43.8 Å². The topological polar surface area (TPSA) is 68.2 Å². The summed E-state index contributed by atoms with van der Waals surface area (Å²) in [5, 5.41) is 13.2. The third-order valence-electron chi connectivity index (χ3n) is 4.35. The molecule has 0 radical (unpaired) electrons. The van der Waals surface area contributed by atoms with Gasteiger partial charge in [-0.15, -0.1) is 10.2 Å². The van der Waals surface area contributed by atoms with Crippen molar-refractivity contribution in [3.05, 3.63) is 46.7 Å². The Kier molecular flexibility index (Phi) is 5.59. The third-order valence-corrected chi connectivity index (χ3v) is 5.77. The summed E-state index contributed by atoms with van der Waals surface area (Å²) in [6.07, 6.45) is 0.602. The molecule has 1 aromatic carbocycles. The minimum absolute atomic E-state index is 0.00933. The molecule has 8 heteroatoms. The van der Waals surface area contributed by atoms with Crippen LogP contribution in [0.25, 0.3) is 11.3 Å². The summed E-state index contributed by atoms with van der Waals surface area (Å²) in [5.41, 5.74) is 3.04. The van der Waals surface area contributed by atoms with E-state index in [1.165, 1.54) is 11.8 Å². The van der Waals surface area contributed by atoms with E-state index in [0.29, 0.717) is 23.2 Å². The van der Waals surface area contributed by atoms with Crippen LogP contribution in [0.3, 0.4) is 0 Å². The number of ether oxygens (including phenoxy) is 1. The SMILES string of the molecule is CCCC(=O)N1c2ccccc2-c2nnc(SCC)nc2O[C@@H]1c1ccsc1. The van der Waals surface area contributed by atoms with Crippen LogP contribution in [0, 0.1) is 0 Å². The fraction of sp³-hybridized carbons (Fsp3) is 0.300. The number of carbonyl (C=O) groups excluding carboxylic acids is 1. The number of rotatable bonds is 5. The highest BCUT2D eigenvalue weighted by molar-refractivity contribution is 7.99. The lowest BCUT2D eigenvalue weighted by Gasteiger charge is -2.30. The summed E-state index contributed by atoms with van der Waals surface area (Å²) in [5.74, 6) is 1.25. The van der Waals surface area contributed by atoms with Crippen molar-refractivity contribution in [1.82, 2.24) is 15.2 Å². The van der Waals surface area contributed by atoms with E-state index >= 15 is 0 Å². The first-order chi connectivity index (χ1) is 13.7. The van der Waals surface area contributed by atoms with Gasteiger partial charge in [0.1, 0.15) is 0 Å². The Morgan fingerprint density at radius 2 is 2.11 bits per heavy atom. The van der Waals surface area contributed by atoms with Gasteiger partial charge >= 0.3 is 0 Å². The van der Waals surface area contributed by atoms with Crippen LogP contribution >= 0.6 is 23.1 Å². The molecule has 6 nitrogen and oxygen atoms in total. The van der Waals surface area contributed by atoms with Crippen molar-refractivity contribution >= 4 is 34.7 Å². The maximum Gasteiger partial charge on any atom is 0.247 e. The van der Waals surface area contributed by atoms with Gasteiger partial charge in [0.15, 0.2) is 5.69 Å². The molecular formula is C20H20N4O2S2. The predicted molar refractivity (Wildman–Crippen MR) is 112 cm³/mol. The molecule has 0 bridgehead atoms. The number of amides is 1. The second-order valence-corrected chi connectivity index (χ2v) is 8.25. The third kappa shape index (κ3) is 3.49. The standard InChI is InChI=1S/C20H20N4O2S2/c1-3-7-16(25)24-15-9-6-5-8-14(15)17-18(21-20(23-22-17)28-4-2)26-19(24)13-10-11-27-12-13/h5-6,8-12,19H,3-4,7H2,1-2H3/t19-/m1/s1. The first kappa shape index (κ1) is 18.9. The zero-order valence-electron chi connectivity index (χ0n) is 15.7. The number of thiophene rings is 1. The van der Waals surface area contributed by atoms with Crippen LogP contribution in [0.1, 0.15) is 38.5 Å². The van der Waals surface area contributed by atoms with Gasteiger partial charge in [0.2, 0.25) is 23.2 Å². The molecule has 28 heavy (non-hydrogen) atoms. The molecule has 0 unspecified atom stereocenters. The van der Waals surface area contributed by atoms with Crippen molar-refractivity contribution in [3.8, 4) is 17.1 Å². The molecule has 4 rings (SSSR count). The van der Waals surface area contributed by atoms with Gasteiger partial charge < -0.3 is 4.74 Å². The van der Waals surface area contributed by atoms with Crippen LogP contribution in [0.2, 0.25) is 0 Å². The van der Waals surface area contributed by atoms with Gasteiger partial charge in [-0.05, 0) is 35.1 Å². The van der Waals surface area contributed by atoms with Crippen molar-refractivity contribution in [2.75, 3.05) is 10.7 Å². The number of thioether (sulfide) groups is 1. The summed E-state index contributed by atoms with van der Waals surface area (Å²) in [6.45, 7) is 4.03. The number of aromatic nitrogens is 3. The zero-order valence-corrected chi connectivity index (χ0v) is 17.3. The van der Waals surface area contributed by atoms with Gasteiger partial charge in [0.25, 0.3) is 0 Å². The first-order valence-corrected chi connectivity index (χ1v) is 11.1. The van der Waals surface area contributed by atoms with E-state index in [1.807, 2.05) is 54.9 Å². The average Bonchev–Trinajstić information content (AvgIpc) is 3.19. The number of fused-ring (bicyclic) bond motifs is 3. The zero-order chi connectivity index (χ0) is 19.5. The van der Waals surface area contributed by atoms with E-state index in [0.717, 1.165) is 29.0 Å². The van der Waals surface area contributed by atoms with Crippen molar-refractivity contribution in [2.24, 2.45) is 0 Å². The average molecular weight is 413 g/mol. The largest absolute Gasteiger partial charge is 0.447 e. The van der Waals surface area contributed by atoms with E-state index in [2.05, 4.69) is 15.2 Å². The lowest BCUT2D eigenvalue weighted by molar-refractivity contribution is -0.120. The van der Waals surface area contributed by atoms with E-state index in [4.69, 9.17) is 4.74 Å². The molecule has 0 N–H and O–H groups in total. The minimum Gasteiger partial charge on any atom is -0.447 e. The Morgan fingerprint density at radius 1 is 1.25 bits per heavy atom. The molecule has 0 fully saturated rings. The molecule has 0 saturated carbocycles. The van der Waals surface area contributed by atoms with Crippen molar-refractivity contribution < 1.29 is 9.53 Å². The highest BCUT2D eigenvalue weighted by Crippen LogP contribution is 2.43. The molecule has 3 heterocycles. The van der Waals surface area contributed by atoms with Crippen LogP contribution in [0.4, 0.5) is 5.69 Å². The summed E-state index contributed by atoms with van der Waals surface area (Å²) < 4.78 is 6.34. The normalized spacial score (nSPS) is 15.4. The number of carbonyl (C=O) groups is 1. The molecular weight excluding hydrogens is 392 g/mol. The highest BCUT2D eigenvalue weighted by Gasteiger charge is 2.35. The van der Waals surface area contributed by atoms with Gasteiger partial charge in [-0.3, -0.25) is 9.69 Å². The second kappa shape index (κ2) is 8.28. The number of para-hydroxylation sites is 1. The Labute approximate surface area is 172 Å². The van der Waals surface area contributed by atoms with Gasteiger partial charge in [0, 0.05) is 17.5 Å². The molecule has 1 aliphatic heterocycles. The molecule has 1 aliphatic rings. The number of benzene rings is 1. The lowest BCUT2D eigenvalue weighted by atomic mass is 10.1. The predicted octanol–water partition coefficient (Wildman–Crippen LogP) is 4.94. The molecule has 2 aromatic heterocycles. The van der Waals surface area contributed by atoms with Crippen LogP contribution < -0.4 is 9.64 Å². The second-order valence-electron chi connectivity index (χ2n) is 6.24. The van der Waals surface area contributed by atoms with Crippen LogP contribution in [0.5, 0.6) is 5.88 Å². The lowest BCUT2D eigenvalue weighted by Crippen LogP contribution is -2.37. The number of nitrogens with zero attached hydrogens (tertiary/aromatic N) is 4. The monoisotopic (exact) mass is 412 g/mol. The molecule has 0 spiro atoms. The fourth-order valence-corrected chi connectivity index (χ4v) is 4.31. The summed E-state index contributed by atoms with van der Waals surface area (Å²) >= 11 is 3.08. The van der Waals surface area contributed by atoms with E-state index in [-0.39, 0.29) is 5.91 Å². The molecule has 1 atom stereocenters.